The lowest BCUT2D eigenvalue weighted by Gasteiger charge is -2.10. The summed E-state index contributed by atoms with van der Waals surface area (Å²) in [6.45, 7) is 3.55. The minimum Gasteiger partial charge on any atom is -0.319 e. The molecule has 0 radical (unpaired) electrons. The molecule has 134 valence electrons. The fraction of sp³-hybridized carbons (Fsp3) is 0.222. The van der Waals surface area contributed by atoms with Crippen molar-refractivity contribution < 1.29 is 4.79 Å². The maximum absolute atomic E-state index is 12.8. The minimum absolute atomic E-state index is 0.266. The molecule has 2 heterocycles. The van der Waals surface area contributed by atoms with E-state index in [4.69, 9.17) is 0 Å². The van der Waals surface area contributed by atoms with Crippen LogP contribution in [0.25, 0.3) is 5.69 Å². The number of para-hydroxylation sites is 1. The number of amides is 1. The van der Waals surface area contributed by atoms with Crippen LogP contribution in [-0.4, -0.2) is 30.5 Å². The quantitative estimate of drug-likeness (QED) is 0.552. The van der Waals surface area contributed by atoms with Crippen molar-refractivity contribution in [1.82, 2.24) is 19.3 Å². The number of aromatic nitrogens is 4. The zero-order chi connectivity index (χ0) is 18.7. The van der Waals surface area contributed by atoms with Crippen molar-refractivity contribution in [2.75, 3.05) is 5.32 Å². The van der Waals surface area contributed by atoms with Gasteiger partial charge in [0, 0.05) is 19.4 Å². The number of hydrogen-bond acceptors (Lipinski definition) is 5. The highest BCUT2D eigenvalue weighted by molar-refractivity contribution is 8.00. The average molecular weight is 369 g/mol. The van der Waals surface area contributed by atoms with E-state index in [9.17, 15) is 9.59 Å². The lowest BCUT2D eigenvalue weighted by Crippen LogP contribution is -2.27. The van der Waals surface area contributed by atoms with E-state index >= 15 is 0 Å². The molecule has 1 aromatic carbocycles. The Hall–Kier alpha value is -2.87. The predicted molar refractivity (Wildman–Crippen MR) is 102 cm³/mol. The van der Waals surface area contributed by atoms with Gasteiger partial charge in [0.15, 0.2) is 5.16 Å². The number of rotatable bonds is 5. The molecule has 1 unspecified atom stereocenters. The summed E-state index contributed by atoms with van der Waals surface area (Å²) in [5, 5.41) is 2.83. The molecule has 3 rings (SSSR count). The molecule has 0 fully saturated rings. The van der Waals surface area contributed by atoms with Gasteiger partial charge in [-0.05, 0) is 32.0 Å². The highest BCUT2D eigenvalue weighted by atomic mass is 32.2. The summed E-state index contributed by atoms with van der Waals surface area (Å²) in [7, 11) is 1.79. The van der Waals surface area contributed by atoms with E-state index in [0.717, 1.165) is 5.69 Å². The van der Waals surface area contributed by atoms with E-state index in [-0.39, 0.29) is 17.2 Å². The summed E-state index contributed by atoms with van der Waals surface area (Å²) in [5.74, 6) is -0.270. The highest BCUT2D eigenvalue weighted by Gasteiger charge is 2.22. The Balaban J connectivity index is 1.84. The van der Waals surface area contributed by atoms with E-state index in [2.05, 4.69) is 15.3 Å². The molecular weight excluding hydrogens is 350 g/mol. The monoisotopic (exact) mass is 369 g/mol. The third-order valence-corrected chi connectivity index (χ3v) is 4.99. The fourth-order valence-corrected chi connectivity index (χ4v) is 3.22. The van der Waals surface area contributed by atoms with Gasteiger partial charge < -0.3 is 5.32 Å². The second kappa shape index (κ2) is 7.57. The normalized spacial score (nSPS) is 12.0. The van der Waals surface area contributed by atoms with E-state index in [0.29, 0.717) is 10.9 Å². The lowest BCUT2D eigenvalue weighted by atomic mass is 10.3. The zero-order valence-electron chi connectivity index (χ0n) is 14.7. The molecule has 8 heteroatoms. The molecule has 1 N–H and O–H groups in total. The zero-order valence-corrected chi connectivity index (χ0v) is 15.5. The van der Waals surface area contributed by atoms with Crippen LogP contribution in [0.3, 0.4) is 0 Å². The van der Waals surface area contributed by atoms with Crippen LogP contribution < -0.4 is 10.9 Å². The Morgan fingerprint density at radius 1 is 1.15 bits per heavy atom. The van der Waals surface area contributed by atoms with Crippen LogP contribution in [0.1, 0.15) is 12.6 Å². The minimum atomic E-state index is -0.443. The smallest absolute Gasteiger partial charge is 0.295 e. The molecule has 0 saturated carbocycles. The molecule has 0 aliphatic carbocycles. The SMILES string of the molecule is Cc1c(NC(=O)C(C)Sc2ncccn2)c(=O)n(-c2ccccc2)n1C. The van der Waals surface area contributed by atoms with E-state index < -0.39 is 5.25 Å². The first-order chi connectivity index (χ1) is 12.5. The molecule has 0 spiro atoms. The van der Waals surface area contributed by atoms with E-state index in [1.807, 2.05) is 30.3 Å². The van der Waals surface area contributed by atoms with Crippen molar-refractivity contribution in [3.8, 4) is 5.69 Å². The number of hydrogen-bond donors (Lipinski definition) is 1. The molecule has 1 amide bonds. The molecule has 0 aliphatic rings. The Morgan fingerprint density at radius 2 is 1.81 bits per heavy atom. The Kier molecular flexibility index (Phi) is 5.22. The Morgan fingerprint density at radius 3 is 2.46 bits per heavy atom. The molecule has 0 aliphatic heterocycles. The molecule has 1 atom stereocenters. The summed E-state index contributed by atoms with van der Waals surface area (Å²) >= 11 is 1.24. The van der Waals surface area contributed by atoms with Crippen molar-refractivity contribution in [3.63, 3.8) is 0 Å². The number of benzene rings is 1. The van der Waals surface area contributed by atoms with Crippen molar-refractivity contribution in [3.05, 3.63) is 64.8 Å². The third-order valence-electron chi connectivity index (χ3n) is 4.00. The Labute approximate surface area is 155 Å². The number of thioether (sulfide) groups is 1. The number of anilines is 1. The summed E-state index contributed by atoms with van der Waals surface area (Å²) in [6, 6.07) is 11.0. The van der Waals surface area contributed by atoms with Crippen molar-refractivity contribution in [2.45, 2.75) is 24.3 Å². The maximum atomic E-state index is 12.8. The number of nitrogens with one attached hydrogen (secondary N) is 1. The van der Waals surface area contributed by atoms with Crippen molar-refractivity contribution in [1.29, 1.82) is 0 Å². The summed E-state index contributed by atoms with van der Waals surface area (Å²) in [4.78, 5) is 33.6. The van der Waals surface area contributed by atoms with Gasteiger partial charge in [-0.3, -0.25) is 14.3 Å². The van der Waals surface area contributed by atoms with Gasteiger partial charge in [-0.1, -0.05) is 30.0 Å². The first kappa shape index (κ1) is 17.9. The summed E-state index contributed by atoms with van der Waals surface area (Å²) in [6.07, 6.45) is 3.25. The fourth-order valence-electron chi connectivity index (χ4n) is 2.50. The number of carbonyl (C=O) groups is 1. The van der Waals surface area contributed by atoms with Gasteiger partial charge >= 0.3 is 0 Å². The van der Waals surface area contributed by atoms with Crippen LogP contribution in [0.5, 0.6) is 0 Å². The topological polar surface area (TPSA) is 81.8 Å². The first-order valence-electron chi connectivity index (χ1n) is 8.07. The molecular formula is C18H19N5O2S. The summed E-state index contributed by atoms with van der Waals surface area (Å²) in [5.41, 5.74) is 1.43. The van der Waals surface area contributed by atoms with E-state index in [1.54, 1.807) is 44.0 Å². The molecule has 0 saturated heterocycles. The van der Waals surface area contributed by atoms with Crippen LogP contribution in [0.4, 0.5) is 5.69 Å². The van der Waals surface area contributed by atoms with Crippen LogP contribution in [0.2, 0.25) is 0 Å². The average Bonchev–Trinajstić information content (AvgIpc) is 2.86. The maximum Gasteiger partial charge on any atom is 0.295 e. The van der Waals surface area contributed by atoms with Gasteiger partial charge in [-0.2, -0.15) is 0 Å². The van der Waals surface area contributed by atoms with Gasteiger partial charge in [0.05, 0.1) is 16.6 Å². The van der Waals surface area contributed by atoms with Gasteiger partial charge in [0.2, 0.25) is 5.91 Å². The molecule has 0 bridgehead atoms. The van der Waals surface area contributed by atoms with Crippen molar-refractivity contribution >= 4 is 23.4 Å². The van der Waals surface area contributed by atoms with Crippen LogP contribution in [0.15, 0.2) is 58.7 Å². The first-order valence-corrected chi connectivity index (χ1v) is 8.95. The van der Waals surface area contributed by atoms with Crippen LogP contribution in [-0.2, 0) is 11.8 Å². The van der Waals surface area contributed by atoms with E-state index in [1.165, 1.54) is 16.4 Å². The second-order valence-electron chi connectivity index (χ2n) is 5.72. The van der Waals surface area contributed by atoms with Gasteiger partial charge in [0.1, 0.15) is 5.69 Å². The van der Waals surface area contributed by atoms with Gasteiger partial charge in [-0.15, -0.1) is 0 Å². The predicted octanol–water partition coefficient (Wildman–Crippen LogP) is 2.39. The van der Waals surface area contributed by atoms with Crippen LogP contribution in [0, 0.1) is 6.92 Å². The molecule has 7 nitrogen and oxygen atoms in total. The molecule has 26 heavy (non-hydrogen) atoms. The lowest BCUT2D eigenvalue weighted by molar-refractivity contribution is -0.115. The third kappa shape index (κ3) is 3.55. The largest absolute Gasteiger partial charge is 0.319 e. The van der Waals surface area contributed by atoms with Crippen molar-refractivity contribution in [2.24, 2.45) is 7.05 Å². The van der Waals surface area contributed by atoms with Crippen LogP contribution >= 0.6 is 11.8 Å². The standard InChI is InChI=1S/C18H19N5O2S/c1-12-15(17(25)23(22(12)3)14-8-5-4-6-9-14)21-16(24)13(2)26-18-19-10-7-11-20-18/h4-11,13H,1-3H3,(H,21,24). The molecule has 2 aromatic heterocycles. The second-order valence-corrected chi connectivity index (χ2v) is 7.03. The van der Waals surface area contributed by atoms with Gasteiger partial charge in [0.25, 0.3) is 5.56 Å². The highest BCUT2D eigenvalue weighted by Crippen LogP contribution is 2.20. The summed E-state index contributed by atoms with van der Waals surface area (Å²) < 4.78 is 3.26. The van der Waals surface area contributed by atoms with Gasteiger partial charge in [-0.25, -0.2) is 14.6 Å². The Bertz CT molecular complexity index is 966. The number of nitrogens with zero attached hydrogens (tertiary/aromatic N) is 4. The molecule has 3 aromatic rings. The number of carbonyl (C=O) groups excluding carboxylic acids is 1.